The molecule has 0 aromatic heterocycles. The van der Waals surface area contributed by atoms with Crippen molar-refractivity contribution < 1.29 is 18.7 Å². The van der Waals surface area contributed by atoms with Gasteiger partial charge >= 0.3 is 5.97 Å². The Morgan fingerprint density at radius 1 is 1.10 bits per heavy atom. The first-order chi connectivity index (χ1) is 13.7. The molecule has 150 valence electrons. The average molecular weight is 412 g/mol. The van der Waals surface area contributed by atoms with Crippen molar-refractivity contribution in [1.29, 1.82) is 0 Å². The number of rotatable bonds is 4. The number of nitrogens with one attached hydrogen (secondary N) is 1. The van der Waals surface area contributed by atoms with Gasteiger partial charge in [0.1, 0.15) is 5.82 Å². The van der Waals surface area contributed by atoms with Crippen LogP contribution in [0.1, 0.15) is 29.7 Å². The second-order valence-corrected chi connectivity index (χ2v) is 7.33. The van der Waals surface area contributed by atoms with Crippen LogP contribution < -0.4 is 10.2 Å². The molecule has 29 heavy (non-hydrogen) atoms. The second-order valence-electron chi connectivity index (χ2n) is 6.94. The topological polar surface area (TPSA) is 58.6 Å². The predicted molar refractivity (Wildman–Crippen MR) is 113 cm³/mol. The lowest BCUT2D eigenvalue weighted by Gasteiger charge is -2.38. The SMILES string of the molecule is COC(=O)C(=O)C1=C(C)N(c2cc(C)cc(C)c2)C(=S)N[C@@H]1c1cccc(F)c1. The summed E-state index contributed by atoms with van der Waals surface area (Å²) in [6.45, 7) is 5.64. The summed E-state index contributed by atoms with van der Waals surface area (Å²) in [5.41, 5.74) is 3.97. The summed E-state index contributed by atoms with van der Waals surface area (Å²) in [4.78, 5) is 26.7. The zero-order valence-corrected chi connectivity index (χ0v) is 17.4. The van der Waals surface area contributed by atoms with Crippen molar-refractivity contribution in [3.05, 3.63) is 76.2 Å². The van der Waals surface area contributed by atoms with E-state index < -0.39 is 23.6 Å². The van der Waals surface area contributed by atoms with Gasteiger partial charge in [0.15, 0.2) is 5.11 Å². The van der Waals surface area contributed by atoms with E-state index in [1.807, 2.05) is 32.0 Å². The van der Waals surface area contributed by atoms with Gasteiger partial charge in [-0.25, -0.2) is 9.18 Å². The van der Waals surface area contributed by atoms with Crippen molar-refractivity contribution in [2.45, 2.75) is 26.8 Å². The molecule has 3 rings (SSSR count). The maximum Gasteiger partial charge on any atom is 0.379 e. The standard InChI is InChI=1S/C22H21FN2O3S/c1-12-8-13(2)10-17(9-12)25-14(3)18(20(26)21(27)28-4)19(24-22(25)29)15-6-5-7-16(23)11-15/h5-11,19H,1-4H3,(H,24,29)/t19-/m1/s1. The number of hydrogen-bond acceptors (Lipinski definition) is 4. The first kappa shape index (κ1) is 20.7. The van der Waals surface area contributed by atoms with E-state index in [1.54, 1.807) is 24.0 Å². The Balaban J connectivity index is 2.21. The highest BCUT2D eigenvalue weighted by atomic mass is 32.1. The second kappa shape index (κ2) is 8.13. The lowest BCUT2D eigenvalue weighted by atomic mass is 9.91. The molecule has 0 aliphatic carbocycles. The van der Waals surface area contributed by atoms with Gasteiger partial charge < -0.3 is 10.1 Å². The van der Waals surface area contributed by atoms with Gasteiger partial charge in [0.05, 0.1) is 18.7 Å². The minimum atomic E-state index is -0.990. The fraction of sp³-hybridized carbons (Fsp3) is 0.227. The van der Waals surface area contributed by atoms with Gasteiger partial charge in [-0.05, 0) is 73.9 Å². The molecule has 1 aliphatic heterocycles. The summed E-state index contributed by atoms with van der Waals surface area (Å²) in [6, 6.07) is 11.0. The van der Waals surface area contributed by atoms with Crippen LogP contribution in [0.2, 0.25) is 0 Å². The van der Waals surface area contributed by atoms with Crippen LogP contribution in [0.15, 0.2) is 53.7 Å². The zero-order chi connectivity index (χ0) is 21.3. The number of thiocarbonyl (C=S) groups is 1. The summed E-state index contributed by atoms with van der Waals surface area (Å²) < 4.78 is 18.5. The van der Waals surface area contributed by atoms with Crippen LogP contribution >= 0.6 is 12.2 Å². The molecule has 0 saturated carbocycles. The van der Waals surface area contributed by atoms with Gasteiger partial charge in [0.25, 0.3) is 5.78 Å². The van der Waals surface area contributed by atoms with E-state index in [9.17, 15) is 14.0 Å². The van der Waals surface area contributed by atoms with Gasteiger partial charge in [-0.15, -0.1) is 0 Å². The van der Waals surface area contributed by atoms with Crippen molar-refractivity contribution in [2.24, 2.45) is 0 Å². The van der Waals surface area contributed by atoms with E-state index in [0.29, 0.717) is 16.4 Å². The number of allylic oxidation sites excluding steroid dienone is 1. The Morgan fingerprint density at radius 2 is 1.76 bits per heavy atom. The Bertz CT molecular complexity index is 1030. The van der Waals surface area contributed by atoms with Crippen LogP contribution in [0.25, 0.3) is 0 Å². The van der Waals surface area contributed by atoms with Crippen molar-refractivity contribution in [3.63, 3.8) is 0 Å². The smallest absolute Gasteiger partial charge is 0.379 e. The fourth-order valence-corrected chi connectivity index (χ4v) is 3.93. The third-order valence-corrected chi connectivity index (χ3v) is 5.05. The highest BCUT2D eigenvalue weighted by molar-refractivity contribution is 7.80. The molecule has 2 aromatic carbocycles. The number of hydrogen-bond donors (Lipinski definition) is 1. The first-order valence-electron chi connectivity index (χ1n) is 9.00. The largest absolute Gasteiger partial charge is 0.463 e. The molecule has 2 aromatic rings. The quantitative estimate of drug-likeness (QED) is 0.467. The van der Waals surface area contributed by atoms with Gasteiger partial charge in [-0.2, -0.15) is 0 Å². The molecular formula is C22H21FN2O3S. The molecule has 0 unspecified atom stereocenters. The van der Waals surface area contributed by atoms with Crippen LogP contribution in [-0.4, -0.2) is 24.0 Å². The molecule has 7 heteroatoms. The molecule has 0 saturated heterocycles. The number of carbonyl (C=O) groups excluding carboxylic acids is 2. The van der Waals surface area contributed by atoms with Gasteiger partial charge in [-0.1, -0.05) is 18.2 Å². The summed E-state index contributed by atoms with van der Waals surface area (Å²) in [5, 5.41) is 3.44. The molecule has 0 bridgehead atoms. The molecular weight excluding hydrogens is 391 g/mol. The van der Waals surface area contributed by atoms with E-state index in [-0.39, 0.29) is 5.57 Å². The molecule has 0 amide bonds. The molecule has 0 radical (unpaired) electrons. The number of carbonyl (C=O) groups is 2. The summed E-state index contributed by atoms with van der Waals surface area (Å²) in [7, 11) is 1.15. The summed E-state index contributed by atoms with van der Waals surface area (Å²) in [5.74, 6) is -2.24. The van der Waals surface area contributed by atoms with E-state index in [4.69, 9.17) is 12.2 Å². The Kier molecular flexibility index (Phi) is 5.79. The molecule has 0 fully saturated rings. The van der Waals surface area contributed by atoms with Crippen LogP contribution in [0, 0.1) is 19.7 Å². The van der Waals surface area contributed by atoms with E-state index in [0.717, 1.165) is 23.9 Å². The monoisotopic (exact) mass is 412 g/mol. The molecule has 1 N–H and O–H groups in total. The maximum absolute atomic E-state index is 13.8. The minimum absolute atomic E-state index is 0.162. The van der Waals surface area contributed by atoms with E-state index >= 15 is 0 Å². The highest BCUT2D eigenvalue weighted by Gasteiger charge is 2.37. The Morgan fingerprint density at radius 3 is 2.34 bits per heavy atom. The number of ketones is 1. The Labute approximate surface area is 174 Å². The lowest BCUT2D eigenvalue weighted by Crippen LogP contribution is -2.48. The van der Waals surface area contributed by atoms with Gasteiger partial charge in [0.2, 0.25) is 0 Å². The predicted octanol–water partition coefficient (Wildman–Crippen LogP) is 3.89. The van der Waals surface area contributed by atoms with Gasteiger partial charge in [-0.3, -0.25) is 9.69 Å². The molecule has 0 spiro atoms. The number of benzene rings is 2. The number of anilines is 1. The maximum atomic E-state index is 13.8. The van der Waals surface area contributed by atoms with Crippen molar-refractivity contribution in [3.8, 4) is 0 Å². The molecule has 1 aliphatic rings. The minimum Gasteiger partial charge on any atom is -0.463 e. The highest BCUT2D eigenvalue weighted by Crippen LogP contribution is 2.35. The van der Waals surface area contributed by atoms with Crippen LogP contribution in [0.3, 0.4) is 0 Å². The fourth-order valence-electron chi connectivity index (χ4n) is 3.57. The van der Waals surface area contributed by atoms with Crippen molar-refractivity contribution in [2.75, 3.05) is 12.0 Å². The molecule has 1 heterocycles. The zero-order valence-electron chi connectivity index (χ0n) is 16.6. The summed E-state index contributed by atoms with van der Waals surface area (Å²) >= 11 is 5.58. The van der Waals surface area contributed by atoms with Crippen LogP contribution in [-0.2, 0) is 14.3 Å². The summed E-state index contributed by atoms with van der Waals surface area (Å²) in [6.07, 6.45) is 0. The lowest BCUT2D eigenvalue weighted by molar-refractivity contribution is -0.150. The van der Waals surface area contributed by atoms with Gasteiger partial charge in [0, 0.05) is 11.4 Å². The van der Waals surface area contributed by atoms with E-state index in [1.165, 1.54) is 12.1 Å². The number of esters is 1. The number of aryl methyl sites for hydroxylation is 2. The molecule has 5 nitrogen and oxygen atoms in total. The number of Topliss-reactive ketones (excluding diaryl/α,β-unsaturated/α-hetero) is 1. The van der Waals surface area contributed by atoms with E-state index in [2.05, 4.69) is 10.1 Å². The number of nitrogens with zero attached hydrogens (tertiary/aromatic N) is 1. The first-order valence-corrected chi connectivity index (χ1v) is 9.41. The van der Waals surface area contributed by atoms with Crippen molar-refractivity contribution >= 4 is 34.8 Å². The number of methoxy groups -OCH3 is 1. The third kappa shape index (κ3) is 4.05. The molecule has 1 atom stereocenters. The van der Waals surface area contributed by atoms with Crippen molar-refractivity contribution in [1.82, 2.24) is 5.32 Å². The average Bonchev–Trinajstić information content (AvgIpc) is 2.65. The van der Waals surface area contributed by atoms with Crippen LogP contribution in [0.4, 0.5) is 10.1 Å². The number of ether oxygens (including phenoxy) is 1. The Hall–Kier alpha value is -3.06. The third-order valence-electron chi connectivity index (χ3n) is 4.75. The number of halogens is 1. The normalized spacial score (nSPS) is 16.5. The van der Waals surface area contributed by atoms with Crippen LogP contribution in [0.5, 0.6) is 0 Å².